The quantitative estimate of drug-likeness (QED) is 0.751. The number of aryl methyl sites for hydroxylation is 1. The first-order chi connectivity index (χ1) is 6.03. The van der Waals surface area contributed by atoms with E-state index in [4.69, 9.17) is 0 Å². The van der Waals surface area contributed by atoms with Crippen LogP contribution < -0.4 is 0 Å². The van der Waals surface area contributed by atoms with Crippen LogP contribution in [-0.2, 0) is 7.05 Å². The summed E-state index contributed by atoms with van der Waals surface area (Å²) in [6.07, 6.45) is 4.55. The van der Waals surface area contributed by atoms with E-state index < -0.39 is 5.60 Å². The van der Waals surface area contributed by atoms with E-state index in [1.165, 1.54) is 0 Å². The standard InChI is InChI=1S/C9H16N2OS/c1-4-9(2,12)7-13-8-5-10-11(3)6-8/h5-6,12H,4,7H2,1-3H3. The normalized spacial score (nSPS) is 15.7. The van der Waals surface area contributed by atoms with E-state index in [9.17, 15) is 5.11 Å². The second-order valence-corrected chi connectivity index (χ2v) is 4.54. The lowest BCUT2D eigenvalue weighted by Gasteiger charge is -2.19. The summed E-state index contributed by atoms with van der Waals surface area (Å²) < 4.78 is 1.77. The molecule has 0 bridgehead atoms. The molecule has 0 aliphatic heterocycles. The maximum atomic E-state index is 9.74. The Labute approximate surface area is 83.1 Å². The predicted octanol–water partition coefficient (Wildman–Crippen LogP) is 1.67. The summed E-state index contributed by atoms with van der Waals surface area (Å²) in [6.45, 7) is 3.85. The molecule has 1 atom stereocenters. The van der Waals surface area contributed by atoms with Crippen LogP contribution in [0, 0.1) is 0 Å². The van der Waals surface area contributed by atoms with Crippen LogP contribution in [0.1, 0.15) is 20.3 Å². The second kappa shape index (κ2) is 4.15. The van der Waals surface area contributed by atoms with Crippen LogP contribution in [0.3, 0.4) is 0 Å². The molecule has 1 aromatic rings. The van der Waals surface area contributed by atoms with Gasteiger partial charge in [0.2, 0.25) is 0 Å². The van der Waals surface area contributed by atoms with Gasteiger partial charge in [0, 0.05) is 23.9 Å². The highest BCUT2D eigenvalue weighted by atomic mass is 32.2. The third-order valence-corrected chi connectivity index (χ3v) is 3.30. The van der Waals surface area contributed by atoms with Crippen molar-refractivity contribution >= 4 is 11.8 Å². The molecule has 0 saturated heterocycles. The fourth-order valence-electron chi connectivity index (χ4n) is 0.814. The third kappa shape index (κ3) is 3.40. The van der Waals surface area contributed by atoms with Crippen molar-refractivity contribution < 1.29 is 5.11 Å². The summed E-state index contributed by atoms with van der Waals surface area (Å²) in [7, 11) is 1.89. The van der Waals surface area contributed by atoms with Crippen LogP contribution in [0.2, 0.25) is 0 Å². The molecule has 4 heteroatoms. The van der Waals surface area contributed by atoms with Crippen molar-refractivity contribution in [1.82, 2.24) is 9.78 Å². The molecule has 0 radical (unpaired) electrons. The molecular weight excluding hydrogens is 184 g/mol. The molecule has 1 rings (SSSR count). The minimum atomic E-state index is -0.569. The zero-order valence-electron chi connectivity index (χ0n) is 8.32. The molecule has 1 heterocycles. The van der Waals surface area contributed by atoms with Gasteiger partial charge < -0.3 is 5.11 Å². The Kier molecular flexibility index (Phi) is 3.39. The monoisotopic (exact) mass is 200 g/mol. The van der Waals surface area contributed by atoms with E-state index in [0.29, 0.717) is 0 Å². The average molecular weight is 200 g/mol. The van der Waals surface area contributed by atoms with E-state index in [0.717, 1.165) is 17.1 Å². The number of aliphatic hydroxyl groups is 1. The van der Waals surface area contributed by atoms with Gasteiger partial charge in [-0.05, 0) is 13.3 Å². The fraction of sp³-hybridized carbons (Fsp3) is 0.667. The van der Waals surface area contributed by atoms with Crippen molar-refractivity contribution in [3.8, 4) is 0 Å². The van der Waals surface area contributed by atoms with Gasteiger partial charge in [-0.2, -0.15) is 5.10 Å². The molecule has 1 N–H and O–H groups in total. The number of aromatic nitrogens is 2. The SMILES string of the molecule is CCC(C)(O)CSc1cnn(C)c1. The lowest BCUT2D eigenvalue weighted by atomic mass is 10.1. The Hall–Kier alpha value is -0.480. The summed E-state index contributed by atoms with van der Waals surface area (Å²) in [6, 6.07) is 0. The van der Waals surface area contributed by atoms with Gasteiger partial charge in [-0.1, -0.05) is 6.92 Å². The predicted molar refractivity (Wildman–Crippen MR) is 54.8 cm³/mol. The summed E-state index contributed by atoms with van der Waals surface area (Å²) in [4.78, 5) is 1.11. The molecule has 0 aromatic carbocycles. The zero-order chi connectivity index (χ0) is 9.90. The number of hydrogen-bond acceptors (Lipinski definition) is 3. The van der Waals surface area contributed by atoms with Gasteiger partial charge in [-0.25, -0.2) is 0 Å². The smallest absolute Gasteiger partial charge is 0.0710 e. The van der Waals surface area contributed by atoms with Gasteiger partial charge >= 0.3 is 0 Å². The van der Waals surface area contributed by atoms with Crippen molar-refractivity contribution in [2.45, 2.75) is 30.8 Å². The van der Waals surface area contributed by atoms with Gasteiger partial charge in [-0.3, -0.25) is 4.68 Å². The lowest BCUT2D eigenvalue weighted by Crippen LogP contribution is -2.25. The first kappa shape index (κ1) is 10.6. The van der Waals surface area contributed by atoms with Crippen LogP contribution in [0.15, 0.2) is 17.3 Å². The molecule has 1 unspecified atom stereocenters. The average Bonchev–Trinajstić information content (AvgIpc) is 2.48. The molecule has 0 amide bonds. The second-order valence-electron chi connectivity index (χ2n) is 3.49. The Morgan fingerprint density at radius 2 is 2.38 bits per heavy atom. The van der Waals surface area contributed by atoms with E-state index in [2.05, 4.69) is 5.10 Å². The van der Waals surface area contributed by atoms with E-state index >= 15 is 0 Å². The van der Waals surface area contributed by atoms with E-state index in [1.54, 1.807) is 16.4 Å². The van der Waals surface area contributed by atoms with Crippen molar-refractivity contribution in [2.75, 3.05) is 5.75 Å². The first-order valence-electron chi connectivity index (χ1n) is 4.37. The van der Waals surface area contributed by atoms with Gasteiger partial charge in [0.05, 0.1) is 11.8 Å². The van der Waals surface area contributed by atoms with Crippen LogP contribution in [-0.4, -0.2) is 26.2 Å². The molecule has 0 saturated carbocycles. The molecule has 74 valence electrons. The summed E-state index contributed by atoms with van der Waals surface area (Å²) >= 11 is 1.64. The van der Waals surface area contributed by atoms with Gasteiger partial charge in [0.25, 0.3) is 0 Å². The third-order valence-electron chi connectivity index (χ3n) is 1.99. The Balaban J connectivity index is 2.43. The van der Waals surface area contributed by atoms with Gasteiger partial charge in [0.15, 0.2) is 0 Å². The van der Waals surface area contributed by atoms with Crippen molar-refractivity contribution in [2.24, 2.45) is 7.05 Å². The number of nitrogens with zero attached hydrogens (tertiary/aromatic N) is 2. The zero-order valence-corrected chi connectivity index (χ0v) is 9.14. The number of hydrogen-bond donors (Lipinski definition) is 1. The Bertz CT molecular complexity index is 270. The fourth-order valence-corrected chi connectivity index (χ4v) is 1.84. The van der Waals surface area contributed by atoms with Crippen molar-refractivity contribution in [3.05, 3.63) is 12.4 Å². The summed E-state index contributed by atoms with van der Waals surface area (Å²) in [5.41, 5.74) is -0.569. The number of rotatable bonds is 4. The maximum absolute atomic E-state index is 9.74. The van der Waals surface area contributed by atoms with Crippen LogP contribution >= 0.6 is 11.8 Å². The maximum Gasteiger partial charge on any atom is 0.0710 e. The van der Waals surface area contributed by atoms with Crippen molar-refractivity contribution in [1.29, 1.82) is 0 Å². The molecule has 3 nitrogen and oxygen atoms in total. The molecule has 13 heavy (non-hydrogen) atoms. The largest absolute Gasteiger partial charge is 0.389 e. The molecule has 0 fully saturated rings. The van der Waals surface area contributed by atoms with Crippen molar-refractivity contribution in [3.63, 3.8) is 0 Å². The Morgan fingerprint density at radius 3 is 2.85 bits per heavy atom. The molecule has 0 aliphatic carbocycles. The summed E-state index contributed by atoms with van der Waals surface area (Å²) in [5.74, 6) is 0.717. The summed E-state index contributed by atoms with van der Waals surface area (Å²) in [5, 5.41) is 13.8. The first-order valence-corrected chi connectivity index (χ1v) is 5.36. The van der Waals surface area contributed by atoms with Crippen LogP contribution in [0.4, 0.5) is 0 Å². The van der Waals surface area contributed by atoms with E-state index in [-0.39, 0.29) is 0 Å². The van der Waals surface area contributed by atoms with Crippen LogP contribution in [0.5, 0.6) is 0 Å². The Morgan fingerprint density at radius 1 is 1.69 bits per heavy atom. The minimum absolute atomic E-state index is 0.569. The van der Waals surface area contributed by atoms with Gasteiger partial charge in [-0.15, -0.1) is 11.8 Å². The molecule has 1 aromatic heterocycles. The van der Waals surface area contributed by atoms with E-state index in [1.807, 2.05) is 33.3 Å². The molecule has 0 spiro atoms. The highest BCUT2D eigenvalue weighted by Gasteiger charge is 2.17. The minimum Gasteiger partial charge on any atom is -0.389 e. The molecular formula is C9H16N2OS. The molecule has 0 aliphatic rings. The highest BCUT2D eigenvalue weighted by Crippen LogP contribution is 2.23. The highest BCUT2D eigenvalue weighted by molar-refractivity contribution is 7.99. The topological polar surface area (TPSA) is 38.1 Å². The van der Waals surface area contributed by atoms with Crippen LogP contribution in [0.25, 0.3) is 0 Å². The van der Waals surface area contributed by atoms with Gasteiger partial charge in [0.1, 0.15) is 0 Å². The number of thioether (sulfide) groups is 1. The lowest BCUT2D eigenvalue weighted by molar-refractivity contribution is 0.0816.